The molecule has 0 unspecified atom stereocenters. The molecule has 2 fully saturated rings. The molecule has 0 bridgehead atoms. The Morgan fingerprint density at radius 2 is 2.09 bits per heavy atom. The summed E-state index contributed by atoms with van der Waals surface area (Å²) in [4.78, 5) is 11.3. The fraction of sp³-hybridized carbons (Fsp3) is 0.533. The normalized spacial score (nSPS) is 21.2. The minimum atomic E-state index is 0. The van der Waals surface area contributed by atoms with E-state index >= 15 is 0 Å². The van der Waals surface area contributed by atoms with Crippen LogP contribution in [0.3, 0.4) is 0 Å². The number of rotatable bonds is 3. The molecular formula is C15H20ClN5O2. The summed E-state index contributed by atoms with van der Waals surface area (Å²) >= 11 is 0. The highest BCUT2D eigenvalue weighted by atomic mass is 35.5. The van der Waals surface area contributed by atoms with Gasteiger partial charge >= 0.3 is 0 Å². The zero-order valence-corrected chi connectivity index (χ0v) is 13.6. The summed E-state index contributed by atoms with van der Waals surface area (Å²) in [5, 5.41) is 7.39. The molecule has 1 atom stereocenters. The minimum Gasteiger partial charge on any atom is -0.378 e. The monoisotopic (exact) mass is 337 g/mol. The van der Waals surface area contributed by atoms with E-state index in [4.69, 9.17) is 9.26 Å². The number of ether oxygens (including phenoxy) is 1. The van der Waals surface area contributed by atoms with Crippen LogP contribution in [0, 0.1) is 0 Å². The lowest BCUT2D eigenvalue weighted by molar-refractivity contribution is 0.122. The molecule has 1 N–H and O–H groups in total. The number of halogens is 1. The molecule has 0 spiro atoms. The lowest BCUT2D eigenvalue weighted by Crippen LogP contribution is -2.36. The average Bonchev–Trinajstić information content (AvgIpc) is 3.27. The maximum atomic E-state index is 5.39. The summed E-state index contributed by atoms with van der Waals surface area (Å²) in [5.41, 5.74) is 0.887. The molecule has 124 valence electrons. The second kappa shape index (κ2) is 7.25. The first kappa shape index (κ1) is 16.2. The predicted molar refractivity (Wildman–Crippen MR) is 88.0 cm³/mol. The molecule has 7 nitrogen and oxygen atoms in total. The number of nitrogens with one attached hydrogen (secondary N) is 1. The van der Waals surface area contributed by atoms with Gasteiger partial charge < -0.3 is 19.5 Å². The van der Waals surface area contributed by atoms with Gasteiger partial charge in [-0.15, -0.1) is 12.4 Å². The lowest BCUT2D eigenvalue weighted by Gasteiger charge is -2.27. The van der Waals surface area contributed by atoms with Gasteiger partial charge in [-0.25, -0.2) is 4.98 Å². The van der Waals surface area contributed by atoms with Gasteiger partial charge in [0.25, 0.3) is 0 Å². The Kier molecular flexibility index (Phi) is 5.09. The van der Waals surface area contributed by atoms with Gasteiger partial charge in [0.1, 0.15) is 5.82 Å². The second-order valence-electron chi connectivity index (χ2n) is 5.65. The Bertz CT molecular complexity index is 621. The lowest BCUT2D eigenvalue weighted by atomic mass is 10.1. The van der Waals surface area contributed by atoms with Gasteiger partial charge in [0.2, 0.25) is 11.7 Å². The van der Waals surface area contributed by atoms with E-state index in [9.17, 15) is 0 Å². The van der Waals surface area contributed by atoms with E-state index in [-0.39, 0.29) is 12.4 Å². The van der Waals surface area contributed by atoms with E-state index in [0.29, 0.717) is 11.7 Å². The Morgan fingerprint density at radius 3 is 2.78 bits per heavy atom. The van der Waals surface area contributed by atoms with Crippen molar-refractivity contribution in [3.05, 3.63) is 24.2 Å². The van der Waals surface area contributed by atoms with Crippen molar-refractivity contribution in [3.8, 4) is 11.4 Å². The summed E-state index contributed by atoms with van der Waals surface area (Å²) < 4.78 is 10.8. The maximum Gasteiger partial charge on any atom is 0.231 e. The van der Waals surface area contributed by atoms with Crippen LogP contribution < -0.4 is 10.2 Å². The third-order valence-corrected chi connectivity index (χ3v) is 4.19. The molecule has 0 radical (unpaired) electrons. The summed E-state index contributed by atoms with van der Waals surface area (Å²) in [6.07, 6.45) is 2.86. The fourth-order valence-electron chi connectivity index (χ4n) is 2.88. The molecule has 0 amide bonds. The van der Waals surface area contributed by atoms with Crippen molar-refractivity contribution in [2.75, 3.05) is 44.3 Å². The first-order valence-electron chi connectivity index (χ1n) is 7.73. The highest BCUT2D eigenvalue weighted by Gasteiger charge is 2.23. The molecule has 2 aliphatic rings. The number of hydrogen-bond acceptors (Lipinski definition) is 7. The molecule has 2 aromatic heterocycles. The van der Waals surface area contributed by atoms with Crippen molar-refractivity contribution < 1.29 is 9.26 Å². The quantitative estimate of drug-likeness (QED) is 0.908. The highest BCUT2D eigenvalue weighted by molar-refractivity contribution is 5.85. The average molecular weight is 338 g/mol. The largest absolute Gasteiger partial charge is 0.378 e. The van der Waals surface area contributed by atoms with Gasteiger partial charge in [-0.1, -0.05) is 5.16 Å². The molecule has 4 heterocycles. The topological polar surface area (TPSA) is 76.3 Å². The highest BCUT2D eigenvalue weighted by Crippen LogP contribution is 2.24. The van der Waals surface area contributed by atoms with Gasteiger partial charge in [-0.2, -0.15) is 4.98 Å². The van der Waals surface area contributed by atoms with Crippen LogP contribution >= 0.6 is 12.4 Å². The van der Waals surface area contributed by atoms with Crippen molar-refractivity contribution in [2.24, 2.45) is 0 Å². The standard InChI is InChI=1S/C15H19N5O2.ClH/c1-2-13(20-5-7-21-8-6-20)17-10-11(1)14-18-15(22-19-14)12-3-4-16-9-12;/h1-2,10,12,16H,3-9H2;1H/t12-;/m1./s1. The third-order valence-electron chi connectivity index (χ3n) is 4.19. The molecule has 0 aliphatic carbocycles. The smallest absolute Gasteiger partial charge is 0.231 e. The number of pyridine rings is 1. The molecule has 4 rings (SSSR count). The van der Waals surface area contributed by atoms with Gasteiger partial charge in [0.15, 0.2) is 0 Å². The van der Waals surface area contributed by atoms with Crippen LogP contribution in [0.5, 0.6) is 0 Å². The Balaban J connectivity index is 0.00000156. The van der Waals surface area contributed by atoms with E-state index in [1.165, 1.54) is 0 Å². The van der Waals surface area contributed by atoms with Crippen LogP contribution in [0.1, 0.15) is 18.2 Å². The molecule has 2 saturated heterocycles. The van der Waals surface area contributed by atoms with Gasteiger partial charge in [-0.3, -0.25) is 0 Å². The molecule has 0 aromatic carbocycles. The van der Waals surface area contributed by atoms with E-state index in [0.717, 1.165) is 63.1 Å². The molecule has 23 heavy (non-hydrogen) atoms. The van der Waals surface area contributed by atoms with E-state index in [1.807, 2.05) is 18.3 Å². The van der Waals surface area contributed by atoms with Crippen LogP contribution in [-0.4, -0.2) is 54.5 Å². The molecule has 2 aromatic rings. The summed E-state index contributed by atoms with van der Waals surface area (Å²) in [5.74, 6) is 2.64. The SMILES string of the molecule is Cl.c1cc(N2CCOCC2)ncc1-c1noc([C@@H]2CCNC2)n1. The maximum absolute atomic E-state index is 5.39. The minimum absolute atomic E-state index is 0. The van der Waals surface area contributed by atoms with Gasteiger partial charge in [0, 0.05) is 31.4 Å². The number of anilines is 1. The Hall–Kier alpha value is -1.70. The number of hydrogen-bond donors (Lipinski definition) is 1. The molecule has 2 aliphatic heterocycles. The number of aromatic nitrogens is 3. The Morgan fingerprint density at radius 1 is 1.22 bits per heavy atom. The van der Waals surface area contributed by atoms with Crippen molar-refractivity contribution >= 4 is 18.2 Å². The zero-order chi connectivity index (χ0) is 14.8. The molecular weight excluding hydrogens is 318 g/mol. The molecule has 8 heteroatoms. The van der Waals surface area contributed by atoms with Crippen LogP contribution in [0.25, 0.3) is 11.4 Å². The van der Waals surface area contributed by atoms with E-state index < -0.39 is 0 Å². The van der Waals surface area contributed by atoms with Crippen LogP contribution in [0.2, 0.25) is 0 Å². The van der Waals surface area contributed by atoms with Crippen LogP contribution in [0.4, 0.5) is 5.82 Å². The second-order valence-corrected chi connectivity index (χ2v) is 5.65. The molecule has 0 saturated carbocycles. The third kappa shape index (κ3) is 3.46. The fourth-order valence-corrected chi connectivity index (χ4v) is 2.88. The van der Waals surface area contributed by atoms with Gasteiger partial charge in [0.05, 0.1) is 19.1 Å². The van der Waals surface area contributed by atoms with Crippen LogP contribution in [0.15, 0.2) is 22.9 Å². The Labute approximate surface area is 140 Å². The first-order chi connectivity index (χ1) is 10.9. The number of nitrogens with zero attached hydrogens (tertiary/aromatic N) is 4. The van der Waals surface area contributed by atoms with E-state index in [2.05, 4.69) is 25.3 Å². The van der Waals surface area contributed by atoms with Crippen molar-refractivity contribution in [3.63, 3.8) is 0 Å². The summed E-state index contributed by atoms with van der Waals surface area (Å²) in [6.45, 7) is 5.20. The van der Waals surface area contributed by atoms with Crippen molar-refractivity contribution in [1.82, 2.24) is 20.4 Å². The van der Waals surface area contributed by atoms with Gasteiger partial charge in [-0.05, 0) is 25.1 Å². The first-order valence-corrected chi connectivity index (χ1v) is 7.73. The summed E-state index contributed by atoms with van der Waals surface area (Å²) in [7, 11) is 0. The predicted octanol–water partition coefficient (Wildman–Crippen LogP) is 1.47. The van der Waals surface area contributed by atoms with Crippen molar-refractivity contribution in [2.45, 2.75) is 12.3 Å². The number of morpholine rings is 1. The summed E-state index contributed by atoms with van der Waals surface area (Å²) in [6, 6.07) is 4.01. The zero-order valence-electron chi connectivity index (χ0n) is 12.8. The van der Waals surface area contributed by atoms with Crippen molar-refractivity contribution in [1.29, 1.82) is 0 Å². The van der Waals surface area contributed by atoms with E-state index in [1.54, 1.807) is 0 Å². The van der Waals surface area contributed by atoms with Crippen LogP contribution in [-0.2, 0) is 4.74 Å².